The summed E-state index contributed by atoms with van der Waals surface area (Å²) in [6.07, 6.45) is 8.58. The minimum absolute atomic E-state index is 0.397. The molecule has 1 saturated carbocycles. The molecule has 1 aliphatic heterocycles. The van der Waals surface area contributed by atoms with E-state index in [1.54, 1.807) is 0 Å². The molecule has 0 radical (unpaired) electrons. The molecule has 1 aromatic heterocycles. The molecule has 3 rings (SSSR count). The maximum absolute atomic E-state index is 6.10. The van der Waals surface area contributed by atoms with Crippen LogP contribution in [0.25, 0.3) is 0 Å². The largest absolute Gasteiger partial charge is 0.490 e. The summed E-state index contributed by atoms with van der Waals surface area (Å²) in [5, 5.41) is 2.18. The van der Waals surface area contributed by atoms with Crippen LogP contribution in [0.2, 0.25) is 0 Å². The second-order valence-electron chi connectivity index (χ2n) is 5.21. The number of anilines is 1. The Balaban J connectivity index is 1.70. The highest BCUT2D eigenvalue weighted by molar-refractivity contribution is 8.02. The zero-order valence-electron chi connectivity index (χ0n) is 11.3. The van der Waals surface area contributed by atoms with Gasteiger partial charge in [-0.2, -0.15) is 0 Å². The molecule has 0 bridgehead atoms. The summed E-state index contributed by atoms with van der Waals surface area (Å²) in [6.45, 7) is 2.12. The van der Waals surface area contributed by atoms with E-state index in [2.05, 4.69) is 28.3 Å². The van der Waals surface area contributed by atoms with E-state index in [0.717, 1.165) is 17.4 Å². The van der Waals surface area contributed by atoms with Gasteiger partial charge in [-0.3, -0.25) is 0 Å². The van der Waals surface area contributed by atoms with Gasteiger partial charge < -0.3 is 9.64 Å². The zero-order chi connectivity index (χ0) is 13.1. The minimum atomic E-state index is 0.397. The van der Waals surface area contributed by atoms with Gasteiger partial charge in [-0.1, -0.05) is 6.42 Å². The van der Waals surface area contributed by atoms with E-state index in [4.69, 9.17) is 4.74 Å². The van der Waals surface area contributed by atoms with Crippen molar-refractivity contribution in [3.63, 3.8) is 0 Å². The predicted octanol–water partition coefficient (Wildman–Crippen LogP) is 4.17. The maximum atomic E-state index is 6.10. The number of thioether (sulfide) groups is 1. The molecule has 0 N–H and O–H groups in total. The van der Waals surface area contributed by atoms with Gasteiger partial charge in [0.05, 0.1) is 12.0 Å². The van der Waals surface area contributed by atoms with Gasteiger partial charge in [0.15, 0.2) is 0 Å². The lowest BCUT2D eigenvalue weighted by Crippen LogP contribution is -2.20. The number of nitrogens with zero attached hydrogens (tertiary/aromatic N) is 2. The molecule has 2 aliphatic rings. The fraction of sp³-hybridized carbons (Fsp3) is 0.533. The van der Waals surface area contributed by atoms with Gasteiger partial charge in [0.1, 0.15) is 11.6 Å². The smallest absolute Gasteiger partial charge is 0.137 e. The molecule has 0 aromatic carbocycles. The summed E-state index contributed by atoms with van der Waals surface area (Å²) < 4.78 is 6.10. The SMILES string of the molecule is CC1=CSCN1c1cc(OC2CCCCC2)ccn1. The highest BCUT2D eigenvalue weighted by Gasteiger charge is 2.18. The van der Waals surface area contributed by atoms with Crippen LogP contribution in [0, 0.1) is 0 Å². The Kier molecular flexibility index (Phi) is 3.97. The van der Waals surface area contributed by atoms with Gasteiger partial charge in [-0.25, -0.2) is 4.98 Å². The van der Waals surface area contributed by atoms with Crippen LogP contribution >= 0.6 is 11.8 Å². The van der Waals surface area contributed by atoms with Crippen LogP contribution < -0.4 is 9.64 Å². The monoisotopic (exact) mass is 276 g/mol. The molecule has 0 unspecified atom stereocenters. The Morgan fingerprint density at radius 2 is 2.16 bits per heavy atom. The zero-order valence-corrected chi connectivity index (χ0v) is 12.2. The Labute approximate surface area is 119 Å². The Bertz CT molecular complexity index is 469. The summed E-state index contributed by atoms with van der Waals surface area (Å²) >= 11 is 1.81. The van der Waals surface area contributed by atoms with Gasteiger partial charge in [0, 0.05) is 18.0 Å². The predicted molar refractivity (Wildman–Crippen MR) is 80.4 cm³/mol. The third-order valence-corrected chi connectivity index (χ3v) is 4.65. The van der Waals surface area contributed by atoms with E-state index in [9.17, 15) is 0 Å². The van der Waals surface area contributed by atoms with Crippen LogP contribution in [0.15, 0.2) is 29.4 Å². The Morgan fingerprint density at radius 1 is 1.32 bits per heavy atom. The standard InChI is InChI=1S/C15H20N2OS/c1-12-10-19-11-17(12)15-9-14(7-8-16-15)18-13-5-3-2-4-6-13/h7-10,13H,2-6,11H2,1H3. The van der Waals surface area contributed by atoms with E-state index < -0.39 is 0 Å². The molecule has 3 nitrogen and oxygen atoms in total. The second kappa shape index (κ2) is 5.87. The molecular formula is C15H20N2OS. The summed E-state index contributed by atoms with van der Waals surface area (Å²) in [6, 6.07) is 4.04. The van der Waals surface area contributed by atoms with Crippen molar-refractivity contribution in [1.82, 2.24) is 4.98 Å². The topological polar surface area (TPSA) is 25.4 Å². The lowest BCUT2D eigenvalue weighted by molar-refractivity contribution is 0.155. The van der Waals surface area contributed by atoms with Crippen LogP contribution in [0.3, 0.4) is 0 Å². The maximum Gasteiger partial charge on any atom is 0.137 e. The van der Waals surface area contributed by atoms with Crippen LogP contribution in [0.5, 0.6) is 5.75 Å². The summed E-state index contributed by atoms with van der Waals surface area (Å²) in [5.41, 5.74) is 1.26. The van der Waals surface area contributed by atoms with Crippen molar-refractivity contribution in [1.29, 1.82) is 0 Å². The van der Waals surface area contributed by atoms with Crippen LogP contribution in [-0.2, 0) is 0 Å². The molecule has 0 spiro atoms. The number of hydrogen-bond donors (Lipinski definition) is 0. The quantitative estimate of drug-likeness (QED) is 0.827. The Hall–Kier alpha value is -1.16. The molecule has 1 aliphatic carbocycles. The summed E-state index contributed by atoms with van der Waals surface area (Å²) in [5.74, 6) is 2.90. The highest BCUT2D eigenvalue weighted by atomic mass is 32.2. The van der Waals surface area contributed by atoms with Crippen molar-refractivity contribution in [3.05, 3.63) is 29.4 Å². The number of hydrogen-bond acceptors (Lipinski definition) is 4. The molecule has 2 heterocycles. The van der Waals surface area contributed by atoms with Crippen LogP contribution in [-0.4, -0.2) is 17.0 Å². The fourth-order valence-electron chi connectivity index (χ4n) is 2.64. The first-order chi connectivity index (χ1) is 9.33. The van der Waals surface area contributed by atoms with Gasteiger partial charge in [-0.15, -0.1) is 11.8 Å². The Morgan fingerprint density at radius 3 is 2.89 bits per heavy atom. The lowest BCUT2D eigenvalue weighted by Gasteiger charge is -2.24. The van der Waals surface area contributed by atoms with E-state index >= 15 is 0 Å². The van der Waals surface area contributed by atoms with Crippen molar-refractivity contribution in [3.8, 4) is 5.75 Å². The number of rotatable bonds is 3. The molecule has 0 saturated heterocycles. The second-order valence-corrected chi connectivity index (χ2v) is 6.04. The first kappa shape index (κ1) is 12.9. The van der Waals surface area contributed by atoms with Crippen molar-refractivity contribution >= 4 is 17.6 Å². The normalized spacial score (nSPS) is 20.5. The van der Waals surface area contributed by atoms with Crippen LogP contribution in [0.1, 0.15) is 39.0 Å². The van der Waals surface area contributed by atoms with Gasteiger partial charge in [-0.05, 0) is 44.1 Å². The number of pyridine rings is 1. The molecule has 0 amide bonds. The highest BCUT2D eigenvalue weighted by Crippen LogP contribution is 2.30. The van der Waals surface area contributed by atoms with Gasteiger partial charge in [0.2, 0.25) is 0 Å². The number of ether oxygens (including phenoxy) is 1. The molecular weight excluding hydrogens is 256 g/mol. The van der Waals surface area contributed by atoms with Crippen molar-refractivity contribution in [2.75, 3.05) is 10.8 Å². The lowest BCUT2D eigenvalue weighted by atomic mass is 9.98. The first-order valence-corrected chi connectivity index (χ1v) is 8.06. The van der Waals surface area contributed by atoms with Gasteiger partial charge >= 0.3 is 0 Å². The van der Waals surface area contributed by atoms with E-state index in [0.29, 0.717) is 6.10 Å². The van der Waals surface area contributed by atoms with Crippen molar-refractivity contribution in [2.24, 2.45) is 0 Å². The average molecular weight is 276 g/mol. The molecule has 19 heavy (non-hydrogen) atoms. The third-order valence-electron chi connectivity index (χ3n) is 3.73. The van der Waals surface area contributed by atoms with Crippen molar-refractivity contribution < 1.29 is 4.74 Å². The number of allylic oxidation sites excluding steroid dienone is 1. The van der Waals surface area contributed by atoms with E-state index in [-0.39, 0.29) is 0 Å². The van der Waals surface area contributed by atoms with Crippen LogP contribution in [0.4, 0.5) is 5.82 Å². The molecule has 102 valence electrons. The third kappa shape index (κ3) is 3.06. The van der Waals surface area contributed by atoms with E-state index in [1.165, 1.54) is 37.8 Å². The van der Waals surface area contributed by atoms with Gasteiger partial charge in [0.25, 0.3) is 0 Å². The minimum Gasteiger partial charge on any atom is -0.490 e. The molecule has 1 fully saturated rings. The number of aromatic nitrogens is 1. The molecule has 4 heteroatoms. The fourth-order valence-corrected chi connectivity index (χ4v) is 3.57. The average Bonchev–Trinajstić information content (AvgIpc) is 2.86. The molecule has 0 atom stereocenters. The summed E-state index contributed by atoms with van der Waals surface area (Å²) in [7, 11) is 0. The summed E-state index contributed by atoms with van der Waals surface area (Å²) in [4.78, 5) is 6.68. The first-order valence-electron chi connectivity index (χ1n) is 7.01. The molecule has 1 aromatic rings. The van der Waals surface area contributed by atoms with E-state index in [1.807, 2.05) is 24.0 Å². The van der Waals surface area contributed by atoms with Crippen molar-refractivity contribution in [2.45, 2.75) is 45.1 Å².